The Morgan fingerprint density at radius 1 is 0.870 bits per heavy atom. The largest absolute Gasteiger partial charge is 0.372 e. The average Bonchev–Trinajstić information content (AvgIpc) is 2.49. The van der Waals surface area contributed by atoms with Gasteiger partial charge in [-0.25, -0.2) is 4.79 Å². The molecule has 4 nitrogen and oxygen atoms in total. The second kappa shape index (κ2) is 7.68. The minimum Gasteiger partial charge on any atom is -0.372 e. The van der Waals surface area contributed by atoms with Crippen molar-refractivity contribution in [3.8, 4) is 0 Å². The van der Waals surface area contributed by atoms with Crippen molar-refractivity contribution in [2.45, 2.75) is 27.7 Å². The van der Waals surface area contributed by atoms with Crippen LogP contribution in [-0.2, 0) is 0 Å². The molecule has 0 aromatic heterocycles. The molecular weight excluding hydrogens is 286 g/mol. The summed E-state index contributed by atoms with van der Waals surface area (Å²) in [6.45, 7) is 10.2. The molecule has 23 heavy (non-hydrogen) atoms. The normalized spacial score (nSPS) is 10.3. The molecule has 0 unspecified atom stereocenters. The Morgan fingerprint density at radius 2 is 1.39 bits per heavy atom. The number of rotatable bonds is 5. The highest BCUT2D eigenvalue weighted by molar-refractivity contribution is 5.99. The second-order valence-electron chi connectivity index (χ2n) is 5.67. The lowest BCUT2D eigenvalue weighted by atomic mass is 10.1. The number of nitrogens with zero attached hydrogens (tertiary/aromatic N) is 1. The zero-order chi connectivity index (χ0) is 16.8. The van der Waals surface area contributed by atoms with Gasteiger partial charge in [-0.05, 0) is 75.2 Å². The third-order valence-electron chi connectivity index (χ3n) is 3.73. The van der Waals surface area contributed by atoms with Gasteiger partial charge >= 0.3 is 6.03 Å². The summed E-state index contributed by atoms with van der Waals surface area (Å²) in [6, 6.07) is 13.7. The van der Waals surface area contributed by atoms with Crippen LogP contribution in [-0.4, -0.2) is 19.1 Å². The molecule has 0 saturated heterocycles. The van der Waals surface area contributed by atoms with Crippen molar-refractivity contribution in [1.82, 2.24) is 0 Å². The van der Waals surface area contributed by atoms with Gasteiger partial charge in [-0.2, -0.15) is 0 Å². The Balaban J connectivity index is 2.00. The second-order valence-corrected chi connectivity index (χ2v) is 5.67. The van der Waals surface area contributed by atoms with Crippen LogP contribution in [0.15, 0.2) is 42.5 Å². The van der Waals surface area contributed by atoms with E-state index in [1.807, 2.05) is 50.2 Å². The van der Waals surface area contributed by atoms with E-state index in [2.05, 4.69) is 35.4 Å². The molecule has 2 aromatic rings. The number of benzene rings is 2. The van der Waals surface area contributed by atoms with Crippen molar-refractivity contribution < 1.29 is 4.79 Å². The predicted molar refractivity (Wildman–Crippen MR) is 98.6 cm³/mol. The molecule has 2 aromatic carbocycles. The third-order valence-corrected chi connectivity index (χ3v) is 3.73. The third kappa shape index (κ3) is 4.74. The highest BCUT2D eigenvalue weighted by Crippen LogP contribution is 2.18. The van der Waals surface area contributed by atoms with Crippen molar-refractivity contribution in [3.63, 3.8) is 0 Å². The fraction of sp³-hybridized carbons (Fsp3) is 0.316. The van der Waals surface area contributed by atoms with Crippen LogP contribution in [0.4, 0.5) is 21.9 Å². The average molecular weight is 311 g/mol. The summed E-state index contributed by atoms with van der Waals surface area (Å²) in [5, 5.41) is 5.73. The van der Waals surface area contributed by atoms with Crippen LogP contribution < -0.4 is 15.5 Å². The van der Waals surface area contributed by atoms with Crippen molar-refractivity contribution in [2.75, 3.05) is 28.6 Å². The van der Waals surface area contributed by atoms with Gasteiger partial charge in [0.1, 0.15) is 0 Å². The predicted octanol–water partition coefficient (Wildman–Crippen LogP) is 4.79. The molecule has 0 fully saturated rings. The van der Waals surface area contributed by atoms with Crippen LogP contribution in [0.3, 0.4) is 0 Å². The molecule has 0 heterocycles. The molecule has 0 aliphatic heterocycles. The Morgan fingerprint density at radius 3 is 1.91 bits per heavy atom. The molecule has 0 aliphatic rings. The first-order chi connectivity index (χ1) is 11.0. The van der Waals surface area contributed by atoms with Gasteiger partial charge in [0.05, 0.1) is 0 Å². The summed E-state index contributed by atoms with van der Waals surface area (Å²) >= 11 is 0. The monoisotopic (exact) mass is 311 g/mol. The van der Waals surface area contributed by atoms with Gasteiger partial charge in [-0.1, -0.05) is 6.07 Å². The van der Waals surface area contributed by atoms with Gasteiger partial charge in [0.2, 0.25) is 0 Å². The number of carbonyl (C=O) groups is 1. The summed E-state index contributed by atoms with van der Waals surface area (Å²) in [4.78, 5) is 14.4. The minimum absolute atomic E-state index is 0.231. The first-order valence-electron chi connectivity index (χ1n) is 8.03. The summed E-state index contributed by atoms with van der Waals surface area (Å²) in [5.41, 5.74) is 5.01. The van der Waals surface area contributed by atoms with Crippen molar-refractivity contribution >= 4 is 23.1 Å². The van der Waals surface area contributed by atoms with Gasteiger partial charge in [0.15, 0.2) is 0 Å². The molecule has 4 heteroatoms. The van der Waals surface area contributed by atoms with E-state index >= 15 is 0 Å². The summed E-state index contributed by atoms with van der Waals surface area (Å²) in [5.74, 6) is 0. The summed E-state index contributed by atoms with van der Waals surface area (Å²) < 4.78 is 0. The van der Waals surface area contributed by atoms with Crippen LogP contribution in [0.2, 0.25) is 0 Å². The van der Waals surface area contributed by atoms with E-state index in [4.69, 9.17) is 0 Å². The smallest absolute Gasteiger partial charge is 0.323 e. The topological polar surface area (TPSA) is 44.4 Å². The van der Waals surface area contributed by atoms with Crippen LogP contribution in [0, 0.1) is 13.8 Å². The van der Waals surface area contributed by atoms with E-state index in [-0.39, 0.29) is 6.03 Å². The van der Waals surface area contributed by atoms with Crippen LogP contribution in [0.5, 0.6) is 0 Å². The van der Waals surface area contributed by atoms with E-state index < -0.39 is 0 Å². The highest BCUT2D eigenvalue weighted by atomic mass is 16.2. The van der Waals surface area contributed by atoms with Crippen molar-refractivity contribution in [3.05, 3.63) is 53.6 Å². The van der Waals surface area contributed by atoms with Gasteiger partial charge in [0, 0.05) is 30.2 Å². The van der Waals surface area contributed by atoms with E-state index in [0.29, 0.717) is 0 Å². The van der Waals surface area contributed by atoms with Crippen LogP contribution in [0.25, 0.3) is 0 Å². The van der Waals surface area contributed by atoms with Gasteiger partial charge < -0.3 is 15.5 Å². The van der Waals surface area contributed by atoms with Gasteiger partial charge in [-0.3, -0.25) is 0 Å². The van der Waals surface area contributed by atoms with Crippen LogP contribution in [0.1, 0.15) is 25.0 Å². The summed E-state index contributed by atoms with van der Waals surface area (Å²) in [7, 11) is 0. The van der Waals surface area contributed by atoms with E-state index in [1.54, 1.807) is 0 Å². The number of hydrogen-bond acceptors (Lipinski definition) is 2. The number of carbonyl (C=O) groups excluding carboxylic acids is 1. The Kier molecular flexibility index (Phi) is 5.63. The van der Waals surface area contributed by atoms with Gasteiger partial charge in [0.25, 0.3) is 0 Å². The molecule has 0 saturated carbocycles. The van der Waals surface area contributed by atoms with Crippen molar-refractivity contribution in [1.29, 1.82) is 0 Å². The Bertz CT molecular complexity index is 641. The lowest BCUT2D eigenvalue weighted by molar-refractivity contribution is 0.262. The maximum atomic E-state index is 12.1. The molecule has 0 bridgehead atoms. The lowest BCUT2D eigenvalue weighted by Gasteiger charge is -2.21. The maximum Gasteiger partial charge on any atom is 0.323 e. The quantitative estimate of drug-likeness (QED) is 0.833. The minimum atomic E-state index is -0.231. The van der Waals surface area contributed by atoms with Crippen LogP contribution >= 0.6 is 0 Å². The first kappa shape index (κ1) is 16.9. The standard InChI is InChI=1S/C19H25N3O/c1-5-22(6-2)18-9-7-16(8-10-18)20-19(23)21-17-12-14(3)11-15(4)13-17/h7-13H,5-6H2,1-4H3,(H2,20,21,23). The van der Waals surface area contributed by atoms with E-state index in [9.17, 15) is 4.79 Å². The lowest BCUT2D eigenvalue weighted by Crippen LogP contribution is -2.22. The number of amides is 2. The number of nitrogens with one attached hydrogen (secondary N) is 2. The molecule has 2 rings (SSSR count). The molecule has 2 amide bonds. The molecule has 0 atom stereocenters. The maximum absolute atomic E-state index is 12.1. The highest BCUT2D eigenvalue weighted by Gasteiger charge is 2.05. The van der Waals surface area contributed by atoms with E-state index in [0.717, 1.165) is 41.3 Å². The molecular formula is C19H25N3O. The Hall–Kier alpha value is -2.49. The fourth-order valence-electron chi connectivity index (χ4n) is 2.68. The molecule has 0 radical (unpaired) electrons. The Labute approximate surface area is 138 Å². The van der Waals surface area contributed by atoms with Gasteiger partial charge in [-0.15, -0.1) is 0 Å². The summed E-state index contributed by atoms with van der Waals surface area (Å²) in [6.07, 6.45) is 0. The molecule has 0 spiro atoms. The number of hydrogen-bond donors (Lipinski definition) is 2. The number of urea groups is 1. The van der Waals surface area contributed by atoms with E-state index in [1.165, 1.54) is 0 Å². The molecule has 0 aliphatic carbocycles. The first-order valence-corrected chi connectivity index (χ1v) is 8.03. The molecule has 122 valence electrons. The number of anilines is 3. The zero-order valence-corrected chi connectivity index (χ0v) is 14.3. The van der Waals surface area contributed by atoms with Crippen molar-refractivity contribution in [2.24, 2.45) is 0 Å². The fourth-order valence-corrected chi connectivity index (χ4v) is 2.68. The SMILES string of the molecule is CCN(CC)c1ccc(NC(=O)Nc2cc(C)cc(C)c2)cc1. The zero-order valence-electron chi connectivity index (χ0n) is 14.3. The number of aryl methyl sites for hydroxylation is 2. The molecule has 2 N–H and O–H groups in total.